The predicted molar refractivity (Wildman–Crippen MR) is 101 cm³/mol. The predicted octanol–water partition coefficient (Wildman–Crippen LogP) is 5.10. The average molecular weight is 367 g/mol. The minimum Gasteiger partial charge on any atom is -0.481 e. The van der Waals surface area contributed by atoms with E-state index in [-0.39, 0.29) is 17.6 Å². The molecule has 0 spiro atoms. The van der Waals surface area contributed by atoms with Gasteiger partial charge in [0.25, 0.3) is 0 Å². The van der Waals surface area contributed by atoms with Crippen LogP contribution in [0.4, 0.5) is 0 Å². The second kappa shape index (κ2) is 6.73. The fourth-order valence-corrected chi connectivity index (χ4v) is 4.48. The van der Waals surface area contributed by atoms with Crippen LogP contribution >= 0.6 is 11.6 Å². The first-order valence-corrected chi connectivity index (χ1v) is 9.24. The van der Waals surface area contributed by atoms with Crippen molar-refractivity contribution in [1.82, 2.24) is 0 Å². The topological polar surface area (TPSA) is 54.4 Å². The number of rotatable bonds is 4. The number of Topliss-reactive ketones (excluding diaryl/α,β-unsaturated/α-hetero) is 1. The first-order valence-electron chi connectivity index (χ1n) is 8.86. The third kappa shape index (κ3) is 2.97. The molecular weight excluding hydrogens is 348 g/mol. The lowest BCUT2D eigenvalue weighted by atomic mass is 9.60. The molecule has 1 fully saturated rings. The van der Waals surface area contributed by atoms with Gasteiger partial charge in [-0.1, -0.05) is 60.2 Å². The highest BCUT2D eigenvalue weighted by Gasteiger charge is 2.48. The molecule has 0 radical (unpaired) electrons. The number of aliphatic carboxylic acids is 1. The number of carbonyl (C=O) groups excluding carboxylic acids is 1. The second-order valence-corrected chi connectivity index (χ2v) is 7.56. The maximum atomic E-state index is 13.1. The fourth-order valence-electron chi connectivity index (χ4n) is 4.35. The van der Waals surface area contributed by atoms with E-state index in [2.05, 4.69) is 0 Å². The van der Waals surface area contributed by atoms with Crippen LogP contribution in [0.2, 0.25) is 5.02 Å². The van der Waals surface area contributed by atoms with Crippen LogP contribution in [0.15, 0.2) is 60.7 Å². The van der Waals surface area contributed by atoms with Gasteiger partial charge in [0.1, 0.15) is 0 Å². The first kappa shape index (κ1) is 17.0. The van der Waals surface area contributed by atoms with Gasteiger partial charge in [0, 0.05) is 16.5 Å². The molecule has 0 heterocycles. The molecule has 2 unspecified atom stereocenters. The zero-order valence-corrected chi connectivity index (χ0v) is 14.9. The molecule has 3 nitrogen and oxygen atoms in total. The number of benzene rings is 2. The summed E-state index contributed by atoms with van der Waals surface area (Å²) in [6.45, 7) is 0. The van der Waals surface area contributed by atoms with Crippen molar-refractivity contribution in [2.75, 3.05) is 0 Å². The normalized spacial score (nSPS) is 26.7. The summed E-state index contributed by atoms with van der Waals surface area (Å²) in [7, 11) is 0. The largest absolute Gasteiger partial charge is 0.481 e. The maximum Gasteiger partial charge on any atom is 0.307 e. The van der Waals surface area contributed by atoms with Gasteiger partial charge < -0.3 is 5.11 Å². The van der Waals surface area contributed by atoms with Gasteiger partial charge in [-0.2, -0.15) is 0 Å². The number of carboxylic acid groups (broad SMARTS) is 1. The van der Waals surface area contributed by atoms with Crippen LogP contribution in [0.1, 0.15) is 23.2 Å². The Kier molecular flexibility index (Phi) is 4.41. The van der Waals surface area contributed by atoms with Gasteiger partial charge in [0.2, 0.25) is 0 Å². The van der Waals surface area contributed by atoms with Crippen molar-refractivity contribution in [3.63, 3.8) is 0 Å². The van der Waals surface area contributed by atoms with Crippen LogP contribution in [0.25, 0.3) is 11.1 Å². The minimum atomic E-state index is -0.861. The van der Waals surface area contributed by atoms with E-state index in [9.17, 15) is 14.7 Å². The highest BCUT2D eigenvalue weighted by atomic mass is 35.5. The first-order chi connectivity index (χ1) is 12.5. The summed E-state index contributed by atoms with van der Waals surface area (Å²) in [5, 5.41) is 10.3. The summed E-state index contributed by atoms with van der Waals surface area (Å²) < 4.78 is 0. The van der Waals surface area contributed by atoms with Crippen molar-refractivity contribution in [3.8, 4) is 11.1 Å². The van der Waals surface area contributed by atoms with E-state index in [4.69, 9.17) is 11.6 Å². The van der Waals surface area contributed by atoms with Gasteiger partial charge in [-0.25, -0.2) is 0 Å². The van der Waals surface area contributed by atoms with Gasteiger partial charge in [-0.3, -0.25) is 9.59 Å². The standard InChI is InChI=1S/C22H19ClO3/c23-18-11-9-14(10-12-18)13-1-7-17(8-2-13)21(24)19-15-3-5-16(6-4-15)20(19)22(25)26/h1-3,5,7-12,15-16,19-20H,4,6H2,(H,25,26)/t15?,16?,19-,20-/m0/s1. The van der Waals surface area contributed by atoms with Crippen LogP contribution in [0, 0.1) is 23.7 Å². The zero-order valence-electron chi connectivity index (χ0n) is 14.1. The SMILES string of the molecule is O=C(O)[C@H]1C2C=CC(CC2)[C@@H]1C(=O)c1ccc(-c2ccc(Cl)cc2)cc1. The number of hydrogen-bond donors (Lipinski definition) is 1. The molecular formula is C22H19ClO3. The maximum absolute atomic E-state index is 13.1. The molecule has 2 aromatic carbocycles. The zero-order chi connectivity index (χ0) is 18.3. The number of carbonyl (C=O) groups is 2. The molecule has 1 saturated carbocycles. The molecule has 0 aliphatic heterocycles. The van der Waals surface area contributed by atoms with Crippen molar-refractivity contribution < 1.29 is 14.7 Å². The van der Waals surface area contributed by atoms with Gasteiger partial charge in [0.05, 0.1) is 5.92 Å². The summed E-state index contributed by atoms with van der Waals surface area (Å²) in [6, 6.07) is 15.0. The summed E-state index contributed by atoms with van der Waals surface area (Å²) in [5.41, 5.74) is 2.61. The van der Waals surface area contributed by atoms with Gasteiger partial charge >= 0.3 is 5.97 Å². The molecule has 4 heteroatoms. The number of halogens is 1. The molecule has 0 amide bonds. The van der Waals surface area contributed by atoms with E-state index in [1.807, 2.05) is 48.6 Å². The summed E-state index contributed by atoms with van der Waals surface area (Å²) in [4.78, 5) is 24.8. The smallest absolute Gasteiger partial charge is 0.307 e. The Morgan fingerprint density at radius 1 is 0.808 bits per heavy atom. The van der Waals surface area contributed by atoms with Crippen LogP contribution < -0.4 is 0 Å². The monoisotopic (exact) mass is 366 g/mol. The van der Waals surface area contributed by atoms with Gasteiger partial charge in [0.15, 0.2) is 5.78 Å². The van der Waals surface area contributed by atoms with Gasteiger partial charge in [-0.15, -0.1) is 0 Å². The minimum absolute atomic E-state index is 0.0280. The summed E-state index contributed by atoms with van der Waals surface area (Å²) in [5.74, 6) is -1.98. The molecule has 2 aromatic rings. The van der Waals surface area contributed by atoms with E-state index < -0.39 is 17.8 Å². The van der Waals surface area contributed by atoms with E-state index in [1.165, 1.54) is 0 Å². The second-order valence-electron chi connectivity index (χ2n) is 7.13. The van der Waals surface area contributed by atoms with Crippen LogP contribution in [-0.4, -0.2) is 16.9 Å². The van der Waals surface area contributed by atoms with E-state index in [0.717, 1.165) is 24.0 Å². The molecule has 0 saturated heterocycles. The Bertz CT molecular complexity index is 867. The third-order valence-corrected chi connectivity index (χ3v) is 5.94. The molecule has 0 aromatic heterocycles. The van der Waals surface area contributed by atoms with Crippen LogP contribution in [0.5, 0.6) is 0 Å². The van der Waals surface area contributed by atoms with Crippen molar-refractivity contribution in [2.45, 2.75) is 12.8 Å². The van der Waals surface area contributed by atoms with Crippen molar-refractivity contribution in [2.24, 2.45) is 23.7 Å². The lowest BCUT2D eigenvalue weighted by Crippen LogP contribution is -2.45. The number of ketones is 1. The Morgan fingerprint density at radius 3 is 1.81 bits per heavy atom. The highest BCUT2D eigenvalue weighted by Crippen LogP contribution is 2.46. The number of fused-ring (bicyclic) bond motifs is 2. The number of allylic oxidation sites excluding steroid dienone is 2. The Hall–Kier alpha value is -2.39. The molecule has 2 bridgehead atoms. The van der Waals surface area contributed by atoms with Crippen molar-refractivity contribution in [1.29, 1.82) is 0 Å². The Morgan fingerprint density at radius 2 is 1.31 bits per heavy atom. The number of hydrogen-bond acceptors (Lipinski definition) is 2. The molecule has 5 rings (SSSR count). The highest BCUT2D eigenvalue weighted by molar-refractivity contribution is 6.30. The van der Waals surface area contributed by atoms with Gasteiger partial charge in [-0.05, 0) is 47.9 Å². The molecule has 3 aliphatic rings. The lowest BCUT2D eigenvalue weighted by molar-refractivity contribution is -0.147. The van der Waals surface area contributed by atoms with Crippen molar-refractivity contribution >= 4 is 23.4 Å². The molecule has 132 valence electrons. The lowest BCUT2D eigenvalue weighted by Gasteiger charge is -2.42. The van der Waals surface area contributed by atoms with E-state index >= 15 is 0 Å². The summed E-state index contributed by atoms with van der Waals surface area (Å²) in [6.07, 6.45) is 5.78. The van der Waals surface area contributed by atoms with Crippen LogP contribution in [0.3, 0.4) is 0 Å². The average Bonchev–Trinajstić information content (AvgIpc) is 2.68. The van der Waals surface area contributed by atoms with E-state index in [0.29, 0.717) is 10.6 Å². The van der Waals surface area contributed by atoms with Crippen molar-refractivity contribution in [3.05, 3.63) is 71.3 Å². The quantitative estimate of drug-likeness (QED) is 0.604. The van der Waals surface area contributed by atoms with Crippen LogP contribution in [-0.2, 0) is 4.79 Å². The third-order valence-electron chi connectivity index (χ3n) is 5.68. The number of carboxylic acids is 1. The fraction of sp³-hybridized carbons (Fsp3) is 0.273. The Balaban J connectivity index is 1.61. The summed E-state index contributed by atoms with van der Waals surface area (Å²) >= 11 is 5.92. The van der Waals surface area contributed by atoms with E-state index in [1.54, 1.807) is 12.1 Å². The molecule has 1 N–H and O–H groups in total. The Labute approximate surface area is 157 Å². The molecule has 26 heavy (non-hydrogen) atoms. The molecule has 3 aliphatic carbocycles. The molecule has 4 atom stereocenters.